The van der Waals surface area contributed by atoms with Gasteiger partial charge in [-0.3, -0.25) is 20.0 Å². The summed E-state index contributed by atoms with van der Waals surface area (Å²) in [5.41, 5.74) is 0.446. The third kappa shape index (κ3) is 2.37. The van der Waals surface area contributed by atoms with Crippen molar-refractivity contribution in [1.82, 2.24) is 10.2 Å². The highest BCUT2D eigenvalue weighted by Crippen LogP contribution is 2.27. The number of benzene rings is 2. The number of rotatable bonds is 3. The van der Waals surface area contributed by atoms with Crippen LogP contribution < -0.4 is 5.32 Å². The minimum absolute atomic E-state index is 0.0911. The highest BCUT2D eigenvalue weighted by Gasteiger charge is 2.22. The van der Waals surface area contributed by atoms with Crippen molar-refractivity contribution in [2.24, 2.45) is 0 Å². The van der Waals surface area contributed by atoms with Crippen LogP contribution in [0.15, 0.2) is 42.5 Å². The summed E-state index contributed by atoms with van der Waals surface area (Å²) in [5, 5.41) is 20.1. The van der Waals surface area contributed by atoms with Crippen LogP contribution in [-0.4, -0.2) is 21.0 Å². The van der Waals surface area contributed by atoms with Crippen molar-refractivity contribution in [3.63, 3.8) is 0 Å². The van der Waals surface area contributed by atoms with Gasteiger partial charge in [-0.1, -0.05) is 6.07 Å². The number of carbonyl (C=O) groups is 1. The molecule has 110 valence electrons. The lowest BCUT2D eigenvalue weighted by Crippen LogP contribution is -2.13. The molecule has 3 aromatic rings. The molecular formula is C14H9FN4O3. The highest BCUT2D eigenvalue weighted by atomic mass is 19.1. The maximum atomic E-state index is 12.8. The van der Waals surface area contributed by atoms with Gasteiger partial charge in [-0.2, -0.15) is 5.10 Å². The van der Waals surface area contributed by atoms with Crippen molar-refractivity contribution in [2.75, 3.05) is 5.32 Å². The standard InChI is InChI=1S/C14H9FN4O3/c15-8-4-6-9(7-5-8)16-14(20)13-12-10(17-18-13)2-1-3-11(12)19(21)22/h1-7H,(H,16,20)(H,17,18). The normalized spacial score (nSPS) is 10.6. The number of aromatic amines is 1. The van der Waals surface area contributed by atoms with Gasteiger partial charge in [0.05, 0.1) is 10.4 Å². The molecule has 0 aliphatic rings. The Kier molecular flexibility index (Phi) is 3.26. The Labute approximate surface area is 122 Å². The van der Waals surface area contributed by atoms with Gasteiger partial charge in [0.25, 0.3) is 11.6 Å². The Morgan fingerprint density at radius 3 is 2.64 bits per heavy atom. The van der Waals surface area contributed by atoms with Crippen molar-refractivity contribution < 1.29 is 14.1 Å². The molecule has 1 amide bonds. The number of hydrogen-bond acceptors (Lipinski definition) is 4. The fourth-order valence-corrected chi connectivity index (χ4v) is 2.09. The van der Waals surface area contributed by atoms with Crippen molar-refractivity contribution >= 4 is 28.2 Å². The first kappa shape index (κ1) is 13.7. The van der Waals surface area contributed by atoms with Gasteiger partial charge in [0.15, 0.2) is 5.69 Å². The summed E-state index contributed by atoms with van der Waals surface area (Å²) in [6.45, 7) is 0. The average molecular weight is 300 g/mol. The molecule has 2 N–H and O–H groups in total. The van der Waals surface area contributed by atoms with Crippen molar-refractivity contribution in [3.05, 3.63) is 64.1 Å². The van der Waals surface area contributed by atoms with Crippen LogP contribution in [0.1, 0.15) is 10.5 Å². The van der Waals surface area contributed by atoms with Crippen molar-refractivity contribution in [2.45, 2.75) is 0 Å². The fraction of sp³-hybridized carbons (Fsp3) is 0. The number of nitrogens with one attached hydrogen (secondary N) is 2. The van der Waals surface area contributed by atoms with Gasteiger partial charge in [-0.15, -0.1) is 0 Å². The van der Waals surface area contributed by atoms with Gasteiger partial charge in [0.2, 0.25) is 0 Å². The van der Waals surface area contributed by atoms with E-state index in [2.05, 4.69) is 15.5 Å². The lowest BCUT2D eigenvalue weighted by Gasteiger charge is -2.03. The molecule has 3 rings (SSSR count). The average Bonchev–Trinajstić information content (AvgIpc) is 2.93. The van der Waals surface area contributed by atoms with E-state index in [-0.39, 0.29) is 16.8 Å². The molecule has 0 radical (unpaired) electrons. The first-order valence-corrected chi connectivity index (χ1v) is 6.24. The summed E-state index contributed by atoms with van der Waals surface area (Å²) in [6, 6.07) is 9.55. The van der Waals surface area contributed by atoms with E-state index in [1.54, 1.807) is 6.07 Å². The largest absolute Gasteiger partial charge is 0.321 e. The Balaban J connectivity index is 2.01. The Morgan fingerprint density at radius 1 is 1.23 bits per heavy atom. The number of aromatic nitrogens is 2. The molecule has 1 heterocycles. The van der Waals surface area contributed by atoms with E-state index in [1.807, 2.05) is 0 Å². The number of hydrogen-bond donors (Lipinski definition) is 2. The van der Waals surface area contributed by atoms with Crippen LogP contribution in [0.25, 0.3) is 10.9 Å². The van der Waals surface area contributed by atoms with Gasteiger partial charge >= 0.3 is 0 Å². The second kappa shape index (κ2) is 5.24. The summed E-state index contributed by atoms with van der Waals surface area (Å²) in [7, 11) is 0. The van der Waals surface area contributed by atoms with Crippen LogP contribution in [0.5, 0.6) is 0 Å². The predicted octanol–water partition coefficient (Wildman–Crippen LogP) is 2.86. The number of amides is 1. The van der Waals surface area contributed by atoms with Gasteiger partial charge in [-0.05, 0) is 30.3 Å². The van der Waals surface area contributed by atoms with Crippen LogP contribution in [0, 0.1) is 15.9 Å². The molecule has 0 aliphatic heterocycles. The molecule has 0 bridgehead atoms. The Hall–Kier alpha value is -3.29. The molecule has 7 nitrogen and oxygen atoms in total. The van der Waals surface area contributed by atoms with E-state index in [9.17, 15) is 19.3 Å². The van der Waals surface area contributed by atoms with Crippen LogP contribution in [0.2, 0.25) is 0 Å². The molecule has 0 saturated heterocycles. The molecule has 2 aromatic carbocycles. The molecule has 8 heteroatoms. The number of nitrogens with zero attached hydrogens (tertiary/aromatic N) is 2. The van der Waals surface area contributed by atoms with Crippen LogP contribution in [0.4, 0.5) is 15.8 Å². The number of halogens is 1. The zero-order valence-corrected chi connectivity index (χ0v) is 11.0. The minimum atomic E-state index is -0.618. The smallest absolute Gasteiger partial charge is 0.281 e. The number of carbonyl (C=O) groups excluding carboxylic acids is 1. The lowest BCUT2D eigenvalue weighted by molar-refractivity contribution is -0.383. The molecule has 0 saturated carbocycles. The number of nitro benzene ring substituents is 1. The minimum Gasteiger partial charge on any atom is -0.321 e. The molecule has 0 aliphatic carbocycles. The molecular weight excluding hydrogens is 291 g/mol. The number of fused-ring (bicyclic) bond motifs is 1. The summed E-state index contributed by atoms with van der Waals surface area (Å²) in [5.74, 6) is -1.05. The van der Waals surface area contributed by atoms with Crippen molar-refractivity contribution in [1.29, 1.82) is 0 Å². The van der Waals surface area contributed by atoms with Gasteiger partial charge < -0.3 is 5.32 Å². The maximum absolute atomic E-state index is 12.8. The third-order valence-corrected chi connectivity index (χ3v) is 3.08. The quantitative estimate of drug-likeness (QED) is 0.573. The van der Waals surface area contributed by atoms with Gasteiger partial charge in [0, 0.05) is 11.8 Å². The maximum Gasteiger partial charge on any atom is 0.281 e. The SMILES string of the molecule is O=C(Nc1ccc(F)cc1)c1n[nH]c2cccc([N+](=O)[O-])c12. The number of anilines is 1. The second-order valence-electron chi connectivity index (χ2n) is 4.49. The van der Waals surface area contributed by atoms with E-state index in [4.69, 9.17) is 0 Å². The monoisotopic (exact) mass is 300 g/mol. The predicted molar refractivity (Wildman–Crippen MR) is 77.1 cm³/mol. The van der Waals surface area contributed by atoms with E-state index in [0.29, 0.717) is 11.2 Å². The first-order chi connectivity index (χ1) is 10.6. The zero-order valence-electron chi connectivity index (χ0n) is 11.0. The summed E-state index contributed by atoms with van der Waals surface area (Å²) < 4.78 is 12.8. The second-order valence-corrected chi connectivity index (χ2v) is 4.49. The summed E-state index contributed by atoms with van der Waals surface area (Å²) >= 11 is 0. The molecule has 1 aromatic heterocycles. The number of non-ortho nitro benzene ring substituents is 1. The van der Waals surface area contributed by atoms with Gasteiger partial charge in [-0.25, -0.2) is 4.39 Å². The van der Waals surface area contributed by atoms with E-state index in [0.717, 1.165) is 0 Å². The summed E-state index contributed by atoms with van der Waals surface area (Å²) in [4.78, 5) is 22.7. The zero-order chi connectivity index (χ0) is 15.7. The van der Waals surface area contributed by atoms with E-state index < -0.39 is 16.6 Å². The van der Waals surface area contributed by atoms with E-state index in [1.165, 1.54) is 36.4 Å². The van der Waals surface area contributed by atoms with Crippen LogP contribution in [0.3, 0.4) is 0 Å². The van der Waals surface area contributed by atoms with Crippen LogP contribution in [-0.2, 0) is 0 Å². The topological polar surface area (TPSA) is 101 Å². The molecule has 0 unspecified atom stereocenters. The van der Waals surface area contributed by atoms with Gasteiger partial charge in [0.1, 0.15) is 11.2 Å². The molecule has 0 spiro atoms. The van der Waals surface area contributed by atoms with Crippen LogP contribution >= 0.6 is 0 Å². The number of nitro groups is 1. The fourth-order valence-electron chi connectivity index (χ4n) is 2.09. The Morgan fingerprint density at radius 2 is 1.95 bits per heavy atom. The molecule has 22 heavy (non-hydrogen) atoms. The molecule has 0 fully saturated rings. The first-order valence-electron chi connectivity index (χ1n) is 6.24. The third-order valence-electron chi connectivity index (χ3n) is 3.08. The Bertz CT molecular complexity index is 873. The van der Waals surface area contributed by atoms with E-state index >= 15 is 0 Å². The number of H-pyrrole nitrogens is 1. The lowest BCUT2D eigenvalue weighted by atomic mass is 10.1. The summed E-state index contributed by atoms with van der Waals surface area (Å²) in [6.07, 6.45) is 0. The van der Waals surface area contributed by atoms with Crippen molar-refractivity contribution in [3.8, 4) is 0 Å². The molecule has 0 atom stereocenters. The highest BCUT2D eigenvalue weighted by molar-refractivity contribution is 6.13.